The molecule has 3 heterocycles. The van der Waals surface area contributed by atoms with Crippen LogP contribution in [0.4, 0.5) is 0 Å². The zero-order chi connectivity index (χ0) is 22.5. The number of thiazole rings is 1. The summed E-state index contributed by atoms with van der Waals surface area (Å²) in [6.45, 7) is 9.08. The summed E-state index contributed by atoms with van der Waals surface area (Å²) in [4.78, 5) is 25.7. The number of amides is 1. The number of hydrogen-bond acceptors (Lipinski definition) is 6. The highest BCUT2D eigenvalue weighted by Crippen LogP contribution is 2.57. The first-order valence-corrected chi connectivity index (χ1v) is 12.7. The normalized spacial score (nSPS) is 33.3. The maximum Gasteiger partial charge on any atom is 0.225 e. The van der Waals surface area contributed by atoms with Crippen molar-refractivity contribution < 1.29 is 14.6 Å². The average molecular weight is 456 g/mol. The van der Waals surface area contributed by atoms with E-state index in [1.807, 2.05) is 24.1 Å². The number of rotatable bonds is 3. The number of nitrogens with zero attached hydrogens (tertiary/aromatic N) is 3. The van der Waals surface area contributed by atoms with Gasteiger partial charge in [-0.15, -0.1) is 11.3 Å². The van der Waals surface area contributed by atoms with Crippen LogP contribution in [0, 0.1) is 23.2 Å². The number of morpholine rings is 1. The quantitative estimate of drug-likeness (QED) is 0.763. The van der Waals surface area contributed by atoms with Crippen LogP contribution in [0.3, 0.4) is 0 Å². The first-order chi connectivity index (χ1) is 15.4. The van der Waals surface area contributed by atoms with E-state index in [9.17, 15) is 9.90 Å². The van der Waals surface area contributed by atoms with Gasteiger partial charge in [0.15, 0.2) is 0 Å². The van der Waals surface area contributed by atoms with E-state index in [0.29, 0.717) is 26.3 Å². The number of pyridine rings is 1. The summed E-state index contributed by atoms with van der Waals surface area (Å²) in [6.07, 6.45) is 6.02. The molecule has 7 heteroatoms. The Kier molecular flexibility index (Phi) is 5.84. The van der Waals surface area contributed by atoms with Crippen LogP contribution in [0.15, 0.2) is 24.5 Å². The summed E-state index contributed by atoms with van der Waals surface area (Å²) in [7, 11) is 0. The van der Waals surface area contributed by atoms with Crippen LogP contribution in [0.2, 0.25) is 0 Å². The van der Waals surface area contributed by atoms with Gasteiger partial charge in [0.25, 0.3) is 0 Å². The van der Waals surface area contributed by atoms with Crippen LogP contribution in [0.1, 0.15) is 50.1 Å². The molecule has 1 aliphatic heterocycles. The van der Waals surface area contributed by atoms with E-state index in [4.69, 9.17) is 9.72 Å². The maximum atomic E-state index is 13.2. The van der Waals surface area contributed by atoms with Gasteiger partial charge < -0.3 is 14.7 Å². The fourth-order valence-electron chi connectivity index (χ4n) is 6.41. The molecule has 3 aliphatic rings. The Balaban J connectivity index is 1.40. The molecule has 2 fully saturated rings. The molecule has 1 amide bonds. The monoisotopic (exact) mass is 455 g/mol. The van der Waals surface area contributed by atoms with E-state index >= 15 is 0 Å². The Labute approximate surface area is 194 Å². The summed E-state index contributed by atoms with van der Waals surface area (Å²) in [5.74, 6) is 0.246. The third-order valence-corrected chi connectivity index (χ3v) is 9.31. The molecule has 6 nitrogen and oxygen atoms in total. The second kappa shape index (κ2) is 8.50. The Morgan fingerprint density at radius 3 is 2.88 bits per heavy atom. The van der Waals surface area contributed by atoms with E-state index in [1.54, 1.807) is 17.5 Å². The summed E-state index contributed by atoms with van der Waals surface area (Å²) in [6, 6.07) is 4.00. The van der Waals surface area contributed by atoms with Crippen LogP contribution in [-0.4, -0.2) is 58.3 Å². The van der Waals surface area contributed by atoms with Gasteiger partial charge in [-0.25, -0.2) is 4.98 Å². The van der Waals surface area contributed by atoms with Gasteiger partial charge in [-0.3, -0.25) is 9.78 Å². The van der Waals surface area contributed by atoms with Crippen LogP contribution in [0.25, 0.3) is 10.6 Å². The lowest BCUT2D eigenvalue weighted by molar-refractivity contribution is -0.148. The molecule has 2 aliphatic carbocycles. The maximum absolute atomic E-state index is 13.2. The van der Waals surface area contributed by atoms with Crippen LogP contribution in [-0.2, 0) is 16.0 Å². The summed E-state index contributed by atoms with van der Waals surface area (Å²) < 4.78 is 5.41. The van der Waals surface area contributed by atoms with Gasteiger partial charge in [-0.05, 0) is 48.6 Å². The van der Waals surface area contributed by atoms with Crippen molar-refractivity contribution in [2.75, 3.05) is 26.3 Å². The van der Waals surface area contributed by atoms with Gasteiger partial charge in [-0.2, -0.15) is 0 Å². The number of aromatic nitrogens is 2. The molecule has 1 N–H and O–H groups in total. The van der Waals surface area contributed by atoms with Crippen molar-refractivity contribution >= 4 is 17.2 Å². The van der Waals surface area contributed by atoms with Gasteiger partial charge in [0, 0.05) is 47.8 Å². The van der Waals surface area contributed by atoms with Crippen molar-refractivity contribution in [3.8, 4) is 10.6 Å². The fraction of sp³-hybridized carbons (Fsp3) is 0.640. The Morgan fingerprint density at radius 1 is 1.38 bits per heavy atom. The van der Waals surface area contributed by atoms with Gasteiger partial charge in [-0.1, -0.05) is 20.8 Å². The first-order valence-electron chi connectivity index (χ1n) is 11.8. The molecule has 2 aromatic rings. The lowest BCUT2D eigenvalue weighted by Gasteiger charge is -2.53. The van der Waals surface area contributed by atoms with Crippen LogP contribution >= 0.6 is 11.3 Å². The van der Waals surface area contributed by atoms with E-state index in [2.05, 4.69) is 24.9 Å². The van der Waals surface area contributed by atoms with E-state index in [1.165, 1.54) is 4.88 Å². The van der Waals surface area contributed by atoms with Crippen molar-refractivity contribution in [2.45, 2.75) is 52.1 Å². The van der Waals surface area contributed by atoms with Crippen molar-refractivity contribution in [1.82, 2.24) is 14.9 Å². The molecule has 0 spiro atoms. The Hall–Kier alpha value is -1.83. The lowest BCUT2D eigenvalue weighted by atomic mass is 9.53. The third-order valence-electron chi connectivity index (χ3n) is 8.19. The van der Waals surface area contributed by atoms with E-state index in [0.717, 1.165) is 35.5 Å². The highest BCUT2D eigenvalue weighted by molar-refractivity contribution is 7.15. The largest absolute Gasteiger partial charge is 0.392 e. The minimum atomic E-state index is -0.500. The minimum Gasteiger partial charge on any atom is -0.392 e. The first kappa shape index (κ1) is 22.0. The van der Waals surface area contributed by atoms with Crippen molar-refractivity contribution in [3.05, 3.63) is 35.1 Å². The number of carbonyl (C=O) groups is 1. The average Bonchev–Trinajstić information content (AvgIpc) is 3.23. The molecule has 32 heavy (non-hydrogen) atoms. The van der Waals surface area contributed by atoms with Gasteiger partial charge in [0.05, 0.1) is 25.0 Å². The van der Waals surface area contributed by atoms with Crippen molar-refractivity contribution in [1.29, 1.82) is 0 Å². The number of fused-ring (bicyclic) bond motifs is 2. The van der Waals surface area contributed by atoms with Gasteiger partial charge in [0.2, 0.25) is 5.91 Å². The molecule has 2 aromatic heterocycles. The zero-order valence-electron chi connectivity index (χ0n) is 19.2. The molecule has 1 saturated heterocycles. The van der Waals surface area contributed by atoms with Crippen molar-refractivity contribution in [2.24, 2.45) is 23.2 Å². The number of carbonyl (C=O) groups excluding carboxylic acids is 1. The summed E-state index contributed by atoms with van der Waals surface area (Å²) in [5.41, 5.74) is 2.21. The molecule has 0 radical (unpaired) electrons. The Bertz CT molecular complexity index is 974. The second-order valence-corrected chi connectivity index (χ2v) is 11.2. The molecule has 0 aromatic carbocycles. The SMILES string of the molecule is C[C@H](C(=O)N1CCOCC1)C1CC[C@@]2(C)Cc3sc(-c4cccnc4)nc3[C@@H](C)[C@@H]2[C@H]1O. The van der Waals surface area contributed by atoms with Gasteiger partial charge in [0.1, 0.15) is 5.01 Å². The fourth-order valence-corrected chi connectivity index (χ4v) is 7.77. The third kappa shape index (κ3) is 3.68. The summed E-state index contributed by atoms with van der Waals surface area (Å²) >= 11 is 1.77. The van der Waals surface area contributed by atoms with E-state index in [-0.39, 0.29) is 35.0 Å². The molecular weight excluding hydrogens is 422 g/mol. The molecule has 0 bridgehead atoms. The number of aliphatic hydroxyl groups is 1. The molecule has 1 unspecified atom stereocenters. The second-order valence-electron chi connectivity index (χ2n) is 10.1. The molecule has 1 saturated carbocycles. The summed E-state index contributed by atoms with van der Waals surface area (Å²) in [5, 5.41) is 12.7. The number of hydrogen-bond donors (Lipinski definition) is 1. The number of ether oxygens (including phenoxy) is 1. The Morgan fingerprint density at radius 2 is 2.16 bits per heavy atom. The molecule has 6 atom stereocenters. The smallest absolute Gasteiger partial charge is 0.225 e. The lowest BCUT2D eigenvalue weighted by Crippen LogP contribution is -2.54. The zero-order valence-corrected chi connectivity index (χ0v) is 20.0. The highest BCUT2D eigenvalue weighted by atomic mass is 32.1. The molecule has 172 valence electrons. The van der Waals surface area contributed by atoms with Gasteiger partial charge >= 0.3 is 0 Å². The molecular formula is C25H33N3O3S. The highest BCUT2D eigenvalue weighted by Gasteiger charge is 2.54. The van der Waals surface area contributed by atoms with Crippen LogP contribution in [0.5, 0.6) is 0 Å². The minimum absolute atomic E-state index is 0.0103. The topological polar surface area (TPSA) is 75.6 Å². The predicted octanol–water partition coefficient (Wildman–Crippen LogP) is 3.75. The predicted molar refractivity (Wildman–Crippen MR) is 124 cm³/mol. The van der Waals surface area contributed by atoms with Crippen LogP contribution < -0.4 is 0 Å². The molecule has 5 rings (SSSR count). The number of aliphatic hydroxyl groups excluding tert-OH is 1. The standard InChI is InChI=1S/C25H33N3O3S/c1-15(24(30)28-9-11-31-12-10-28)18-6-7-25(3)13-19-21(16(2)20(25)22(18)29)27-23(32-19)17-5-4-8-26-14-17/h4-5,8,14-16,18,20,22,29H,6-7,9-13H2,1-3H3/t15-,16-,18?,20+,22-,25-/m0/s1. The van der Waals surface area contributed by atoms with Crippen molar-refractivity contribution in [3.63, 3.8) is 0 Å². The van der Waals surface area contributed by atoms with E-state index < -0.39 is 6.10 Å².